The van der Waals surface area contributed by atoms with Gasteiger partial charge in [0.25, 0.3) is 11.8 Å². The number of benzene rings is 4. The van der Waals surface area contributed by atoms with Gasteiger partial charge in [-0.1, -0.05) is 49.4 Å². The summed E-state index contributed by atoms with van der Waals surface area (Å²) in [7, 11) is 1.56. The highest BCUT2D eigenvalue weighted by molar-refractivity contribution is 6.06. The number of piperazine rings is 1. The van der Waals surface area contributed by atoms with Crippen molar-refractivity contribution in [1.29, 1.82) is 0 Å². The van der Waals surface area contributed by atoms with Gasteiger partial charge < -0.3 is 25.2 Å². The van der Waals surface area contributed by atoms with E-state index in [9.17, 15) is 18.8 Å². The molecule has 1 unspecified atom stereocenters. The number of anilines is 2. The molecule has 1 heterocycles. The molecule has 1 saturated heterocycles. The van der Waals surface area contributed by atoms with E-state index in [-0.39, 0.29) is 36.0 Å². The zero-order chi connectivity index (χ0) is 31.8. The maximum absolute atomic E-state index is 13.6. The predicted molar refractivity (Wildman–Crippen MR) is 173 cm³/mol. The van der Waals surface area contributed by atoms with Crippen molar-refractivity contribution in [2.45, 2.75) is 25.8 Å². The van der Waals surface area contributed by atoms with Crippen LogP contribution in [0, 0.1) is 5.82 Å². The third-order valence-corrected chi connectivity index (χ3v) is 8.06. The molecule has 45 heavy (non-hydrogen) atoms. The van der Waals surface area contributed by atoms with E-state index < -0.39 is 0 Å². The molecule has 5 rings (SSSR count). The molecule has 1 atom stereocenters. The highest BCUT2D eigenvalue weighted by atomic mass is 19.1. The number of hydrogen-bond acceptors (Lipinski definition) is 5. The van der Waals surface area contributed by atoms with Gasteiger partial charge in [0, 0.05) is 49.7 Å². The number of halogens is 1. The summed E-state index contributed by atoms with van der Waals surface area (Å²) in [5.41, 5.74) is 3.78. The first kappa shape index (κ1) is 31.3. The molecule has 0 aliphatic carbocycles. The molecular weight excluding hydrogens is 571 g/mol. The molecule has 1 aliphatic rings. The molecule has 0 aromatic heterocycles. The Kier molecular flexibility index (Phi) is 10.1. The third kappa shape index (κ3) is 7.67. The molecule has 232 valence electrons. The molecule has 1 aliphatic heterocycles. The topological polar surface area (TPSA) is 91.0 Å². The van der Waals surface area contributed by atoms with Crippen molar-refractivity contribution in [3.8, 4) is 5.75 Å². The Hall–Kier alpha value is -5.18. The van der Waals surface area contributed by atoms with E-state index >= 15 is 0 Å². The second-order valence-electron chi connectivity index (χ2n) is 10.9. The van der Waals surface area contributed by atoms with Crippen LogP contribution in [0.5, 0.6) is 5.75 Å². The molecule has 8 nitrogen and oxygen atoms in total. The number of methoxy groups -OCH3 is 1. The largest absolute Gasteiger partial charge is 0.497 e. The maximum atomic E-state index is 13.6. The standard InChI is InChI=1S/C36H37FN4O4/c1-3-31(26-7-5-4-6-8-26)36(44)41-21-19-40(20-22-41)33-18-15-29(39-34(42)27-11-16-30(45-2)17-12-27)23-32(33)35(43)38-24-25-9-13-28(37)14-10-25/h4-18,23,31H,3,19-22,24H2,1-2H3,(H,38,43)(H,39,42). The number of hydrogen-bond donors (Lipinski definition) is 2. The summed E-state index contributed by atoms with van der Waals surface area (Å²) >= 11 is 0. The second kappa shape index (κ2) is 14.5. The lowest BCUT2D eigenvalue weighted by atomic mass is 9.94. The van der Waals surface area contributed by atoms with Crippen LogP contribution in [-0.2, 0) is 11.3 Å². The first-order valence-electron chi connectivity index (χ1n) is 15.1. The zero-order valence-electron chi connectivity index (χ0n) is 25.5. The van der Waals surface area contributed by atoms with Crippen molar-refractivity contribution in [3.63, 3.8) is 0 Å². The fourth-order valence-electron chi connectivity index (χ4n) is 5.52. The van der Waals surface area contributed by atoms with E-state index in [0.29, 0.717) is 60.9 Å². The number of amides is 3. The van der Waals surface area contributed by atoms with E-state index in [1.54, 1.807) is 55.6 Å². The fourth-order valence-corrected chi connectivity index (χ4v) is 5.52. The Balaban J connectivity index is 1.33. The van der Waals surface area contributed by atoms with E-state index in [0.717, 1.165) is 11.1 Å². The van der Waals surface area contributed by atoms with E-state index in [1.807, 2.05) is 48.2 Å². The highest BCUT2D eigenvalue weighted by Crippen LogP contribution is 2.28. The number of nitrogens with one attached hydrogen (secondary N) is 2. The minimum Gasteiger partial charge on any atom is -0.497 e. The van der Waals surface area contributed by atoms with E-state index in [1.165, 1.54) is 12.1 Å². The molecule has 9 heteroatoms. The van der Waals surface area contributed by atoms with Gasteiger partial charge in [-0.15, -0.1) is 0 Å². The number of nitrogens with zero attached hydrogens (tertiary/aromatic N) is 2. The molecule has 1 fully saturated rings. The third-order valence-electron chi connectivity index (χ3n) is 8.06. The van der Waals surface area contributed by atoms with E-state index in [4.69, 9.17) is 4.74 Å². The molecule has 0 radical (unpaired) electrons. The fraction of sp³-hybridized carbons (Fsp3) is 0.250. The van der Waals surface area contributed by atoms with Gasteiger partial charge in [0.2, 0.25) is 5.91 Å². The minimum atomic E-state index is -0.348. The molecule has 0 saturated carbocycles. The van der Waals surface area contributed by atoms with Gasteiger partial charge in [-0.2, -0.15) is 0 Å². The summed E-state index contributed by atoms with van der Waals surface area (Å²) in [6, 6.07) is 27.8. The average Bonchev–Trinajstić information content (AvgIpc) is 3.08. The van der Waals surface area contributed by atoms with Crippen molar-refractivity contribution < 1.29 is 23.5 Å². The Morgan fingerprint density at radius 3 is 2.18 bits per heavy atom. The van der Waals surface area contributed by atoms with Gasteiger partial charge in [-0.25, -0.2) is 4.39 Å². The first-order valence-corrected chi connectivity index (χ1v) is 15.1. The van der Waals surface area contributed by atoms with Crippen molar-refractivity contribution in [2.75, 3.05) is 43.5 Å². The Labute approximate surface area is 262 Å². The molecule has 0 bridgehead atoms. The van der Waals surface area contributed by atoms with Gasteiger partial charge in [-0.3, -0.25) is 14.4 Å². The Bertz CT molecular complexity index is 1620. The molecule has 0 spiro atoms. The van der Waals surface area contributed by atoms with Crippen molar-refractivity contribution >= 4 is 29.1 Å². The number of rotatable bonds is 10. The number of carbonyl (C=O) groups excluding carboxylic acids is 3. The number of carbonyl (C=O) groups is 3. The summed E-state index contributed by atoms with van der Waals surface area (Å²) in [4.78, 5) is 44.0. The van der Waals surface area contributed by atoms with Gasteiger partial charge in [0.15, 0.2) is 0 Å². The summed E-state index contributed by atoms with van der Waals surface area (Å²) in [5, 5.41) is 5.81. The van der Waals surface area contributed by atoms with Crippen LogP contribution in [0.15, 0.2) is 97.1 Å². The van der Waals surface area contributed by atoms with Crippen LogP contribution in [-0.4, -0.2) is 55.9 Å². The molecular formula is C36H37FN4O4. The van der Waals surface area contributed by atoms with Crippen LogP contribution in [0.4, 0.5) is 15.8 Å². The van der Waals surface area contributed by atoms with Crippen LogP contribution in [0.1, 0.15) is 51.1 Å². The maximum Gasteiger partial charge on any atom is 0.255 e. The van der Waals surface area contributed by atoms with Crippen LogP contribution in [0.2, 0.25) is 0 Å². The molecule has 4 aromatic carbocycles. The first-order chi connectivity index (χ1) is 21.9. The highest BCUT2D eigenvalue weighted by Gasteiger charge is 2.29. The van der Waals surface area contributed by atoms with Crippen LogP contribution in [0.3, 0.4) is 0 Å². The minimum absolute atomic E-state index is 0.109. The molecule has 2 N–H and O–H groups in total. The van der Waals surface area contributed by atoms with Gasteiger partial charge in [0.05, 0.1) is 18.6 Å². The van der Waals surface area contributed by atoms with E-state index in [2.05, 4.69) is 15.5 Å². The molecule has 4 aromatic rings. The van der Waals surface area contributed by atoms with Crippen LogP contribution >= 0.6 is 0 Å². The summed E-state index contributed by atoms with van der Waals surface area (Å²) < 4.78 is 18.6. The quantitative estimate of drug-likeness (QED) is 0.236. The SMILES string of the molecule is CCC(C(=O)N1CCN(c2ccc(NC(=O)c3ccc(OC)cc3)cc2C(=O)NCc2ccc(F)cc2)CC1)c1ccccc1. The van der Waals surface area contributed by atoms with Crippen molar-refractivity contribution in [3.05, 3.63) is 125 Å². The zero-order valence-corrected chi connectivity index (χ0v) is 25.5. The predicted octanol–water partition coefficient (Wildman–Crippen LogP) is 5.86. The smallest absolute Gasteiger partial charge is 0.255 e. The van der Waals surface area contributed by atoms with Crippen LogP contribution < -0.4 is 20.3 Å². The lowest BCUT2D eigenvalue weighted by Gasteiger charge is -2.38. The van der Waals surface area contributed by atoms with Gasteiger partial charge in [0.1, 0.15) is 11.6 Å². The Morgan fingerprint density at radius 2 is 1.53 bits per heavy atom. The normalized spacial score (nSPS) is 13.6. The van der Waals surface area contributed by atoms with Gasteiger partial charge >= 0.3 is 0 Å². The number of ether oxygens (including phenoxy) is 1. The van der Waals surface area contributed by atoms with Crippen LogP contribution in [0.25, 0.3) is 0 Å². The summed E-state index contributed by atoms with van der Waals surface area (Å²) in [5.74, 6) is -0.443. The second-order valence-corrected chi connectivity index (χ2v) is 10.9. The Morgan fingerprint density at radius 1 is 0.844 bits per heavy atom. The average molecular weight is 609 g/mol. The lowest BCUT2D eigenvalue weighted by Crippen LogP contribution is -2.50. The van der Waals surface area contributed by atoms with Crippen molar-refractivity contribution in [1.82, 2.24) is 10.2 Å². The van der Waals surface area contributed by atoms with Crippen molar-refractivity contribution in [2.24, 2.45) is 0 Å². The summed E-state index contributed by atoms with van der Waals surface area (Å²) in [6.07, 6.45) is 0.713. The summed E-state index contributed by atoms with van der Waals surface area (Å²) in [6.45, 7) is 4.38. The van der Waals surface area contributed by atoms with Gasteiger partial charge in [-0.05, 0) is 72.1 Å². The monoisotopic (exact) mass is 608 g/mol. The lowest BCUT2D eigenvalue weighted by molar-refractivity contribution is -0.133. The molecule has 3 amide bonds.